The lowest BCUT2D eigenvalue weighted by Crippen LogP contribution is -2.30. The quantitative estimate of drug-likeness (QED) is 0.0261. The van der Waals surface area contributed by atoms with E-state index in [2.05, 4.69) is 32.9 Å². The summed E-state index contributed by atoms with van der Waals surface area (Å²) in [6, 6.07) is 0. The maximum atomic E-state index is 12.8. The molecule has 0 bridgehead atoms. The molecular formula is C67H128O6. The first-order valence-corrected chi connectivity index (χ1v) is 33.2. The van der Waals surface area contributed by atoms with Crippen molar-refractivity contribution in [2.45, 2.75) is 386 Å². The van der Waals surface area contributed by atoms with Crippen LogP contribution in [0, 0.1) is 0 Å². The molecule has 0 aliphatic carbocycles. The van der Waals surface area contributed by atoms with Crippen LogP contribution in [0.3, 0.4) is 0 Å². The SMILES string of the molecule is CCC/C=C\CCCCCCCC(=O)OC(COC(=O)CCCCCCCCCCCC)COC(=O)CCCCCCCCCCCCCCCCCCCCCCCCCCCCCCCCCCCCC. The minimum atomic E-state index is -0.768. The fourth-order valence-electron chi connectivity index (χ4n) is 10.3. The van der Waals surface area contributed by atoms with Gasteiger partial charge in [-0.1, -0.05) is 335 Å². The molecule has 0 radical (unpaired) electrons. The van der Waals surface area contributed by atoms with Gasteiger partial charge in [0, 0.05) is 19.3 Å². The van der Waals surface area contributed by atoms with Crippen LogP contribution >= 0.6 is 0 Å². The zero-order valence-corrected chi connectivity index (χ0v) is 49.7. The number of rotatable bonds is 62. The zero-order chi connectivity index (χ0) is 52.9. The average molecular weight is 1030 g/mol. The van der Waals surface area contributed by atoms with Crippen molar-refractivity contribution in [3.63, 3.8) is 0 Å². The van der Waals surface area contributed by atoms with E-state index in [1.54, 1.807) is 0 Å². The van der Waals surface area contributed by atoms with Crippen LogP contribution in [0.2, 0.25) is 0 Å². The van der Waals surface area contributed by atoms with Crippen LogP contribution in [-0.4, -0.2) is 37.2 Å². The molecule has 0 fully saturated rings. The predicted octanol–water partition coefficient (Wildman–Crippen LogP) is 22.4. The van der Waals surface area contributed by atoms with Gasteiger partial charge in [-0.25, -0.2) is 0 Å². The third kappa shape index (κ3) is 60.9. The Bertz CT molecular complexity index is 1130. The van der Waals surface area contributed by atoms with Crippen LogP contribution in [0.5, 0.6) is 0 Å². The number of carbonyl (C=O) groups excluding carboxylic acids is 3. The first-order valence-electron chi connectivity index (χ1n) is 33.2. The van der Waals surface area contributed by atoms with Crippen molar-refractivity contribution in [2.24, 2.45) is 0 Å². The normalized spacial score (nSPS) is 12.0. The van der Waals surface area contributed by atoms with Crippen LogP contribution in [0.15, 0.2) is 12.2 Å². The van der Waals surface area contributed by atoms with Gasteiger partial charge in [0.15, 0.2) is 6.10 Å². The Morgan fingerprint density at radius 1 is 0.260 bits per heavy atom. The third-order valence-corrected chi connectivity index (χ3v) is 15.3. The predicted molar refractivity (Wildman–Crippen MR) is 317 cm³/mol. The van der Waals surface area contributed by atoms with E-state index in [1.807, 2.05) is 0 Å². The van der Waals surface area contributed by atoms with E-state index in [9.17, 15) is 14.4 Å². The highest BCUT2D eigenvalue weighted by atomic mass is 16.6. The first kappa shape index (κ1) is 71.2. The van der Waals surface area contributed by atoms with Crippen LogP contribution in [0.4, 0.5) is 0 Å². The standard InChI is InChI=1S/C67H128O6/c1-4-7-10-13-16-19-22-23-24-25-26-27-28-29-30-31-32-33-34-35-36-37-38-39-40-41-42-43-44-45-46-49-51-54-57-60-66(69)72-63-64(73-67(70)61-58-55-52-48-21-18-15-12-9-6-3)62-71-65(68)59-56-53-50-47-20-17-14-11-8-5-2/h12,15,64H,4-11,13-14,16-63H2,1-3H3/b15-12-. The molecule has 0 aromatic heterocycles. The van der Waals surface area contributed by atoms with E-state index in [0.29, 0.717) is 19.3 Å². The van der Waals surface area contributed by atoms with Crippen molar-refractivity contribution >= 4 is 17.9 Å². The van der Waals surface area contributed by atoms with Crippen molar-refractivity contribution in [2.75, 3.05) is 13.2 Å². The summed E-state index contributed by atoms with van der Waals surface area (Å²) in [6.45, 7) is 6.61. The van der Waals surface area contributed by atoms with E-state index in [4.69, 9.17) is 14.2 Å². The lowest BCUT2D eigenvalue weighted by molar-refractivity contribution is -0.167. The second kappa shape index (κ2) is 62.7. The molecule has 73 heavy (non-hydrogen) atoms. The largest absolute Gasteiger partial charge is 0.462 e. The van der Waals surface area contributed by atoms with Crippen molar-refractivity contribution in [1.82, 2.24) is 0 Å². The number of esters is 3. The number of hydrogen-bond donors (Lipinski definition) is 0. The minimum absolute atomic E-state index is 0.0681. The smallest absolute Gasteiger partial charge is 0.306 e. The molecule has 0 aliphatic rings. The molecular weight excluding hydrogens is 901 g/mol. The van der Waals surface area contributed by atoms with Gasteiger partial charge in [0.05, 0.1) is 0 Å². The van der Waals surface area contributed by atoms with Crippen molar-refractivity contribution in [3.05, 3.63) is 12.2 Å². The van der Waals surface area contributed by atoms with Gasteiger partial charge in [0.2, 0.25) is 0 Å². The molecule has 0 aromatic carbocycles. The number of allylic oxidation sites excluding steroid dienone is 2. The molecule has 1 atom stereocenters. The molecule has 0 N–H and O–H groups in total. The minimum Gasteiger partial charge on any atom is -0.462 e. The molecule has 432 valence electrons. The summed E-state index contributed by atoms with van der Waals surface area (Å²) in [4.78, 5) is 38.0. The van der Waals surface area contributed by atoms with Gasteiger partial charge in [0.1, 0.15) is 13.2 Å². The molecule has 1 unspecified atom stereocenters. The molecule has 0 aliphatic heterocycles. The number of unbranched alkanes of at least 4 members (excludes halogenated alkanes) is 49. The lowest BCUT2D eigenvalue weighted by atomic mass is 10.0. The monoisotopic (exact) mass is 1030 g/mol. The summed E-state index contributed by atoms with van der Waals surface area (Å²) in [7, 11) is 0. The van der Waals surface area contributed by atoms with Gasteiger partial charge in [-0.05, 0) is 38.5 Å². The van der Waals surface area contributed by atoms with Gasteiger partial charge >= 0.3 is 17.9 Å². The molecule has 0 amide bonds. The maximum Gasteiger partial charge on any atom is 0.306 e. The molecule has 6 heteroatoms. The molecule has 0 rings (SSSR count). The molecule has 0 spiro atoms. The van der Waals surface area contributed by atoms with Gasteiger partial charge in [-0.2, -0.15) is 0 Å². The van der Waals surface area contributed by atoms with Crippen LogP contribution < -0.4 is 0 Å². The first-order chi connectivity index (χ1) is 36.0. The van der Waals surface area contributed by atoms with Crippen molar-refractivity contribution < 1.29 is 28.6 Å². The summed E-state index contributed by atoms with van der Waals surface area (Å²) in [5.41, 5.74) is 0. The van der Waals surface area contributed by atoms with Crippen molar-refractivity contribution in [1.29, 1.82) is 0 Å². The number of hydrogen-bond acceptors (Lipinski definition) is 6. The third-order valence-electron chi connectivity index (χ3n) is 15.3. The summed E-state index contributed by atoms with van der Waals surface area (Å²) < 4.78 is 16.8. The van der Waals surface area contributed by atoms with E-state index >= 15 is 0 Å². The molecule has 0 aromatic rings. The Balaban J connectivity index is 3.86. The Kier molecular flexibility index (Phi) is 61.1. The Labute approximate surface area is 456 Å². The zero-order valence-electron chi connectivity index (χ0n) is 49.7. The Hall–Kier alpha value is -1.85. The lowest BCUT2D eigenvalue weighted by Gasteiger charge is -2.18. The molecule has 0 saturated heterocycles. The fourth-order valence-corrected chi connectivity index (χ4v) is 10.3. The Morgan fingerprint density at radius 2 is 0.479 bits per heavy atom. The second-order valence-electron chi connectivity index (χ2n) is 22.7. The average Bonchev–Trinajstić information content (AvgIpc) is 3.39. The fraction of sp³-hybridized carbons (Fsp3) is 0.925. The number of ether oxygens (including phenoxy) is 3. The van der Waals surface area contributed by atoms with Gasteiger partial charge in [-0.3, -0.25) is 14.4 Å². The topological polar surface area (TPSA) is 78.9 Å². The van der Waals surface area contributed by atoms with Gasteiger partial charge in [-0.15, -0.1) is 0 Å². The highest BCUT2D eigenvalue weighted by Crippen LogP contribution is 2.19. The second-order valence-corrected chi connectivity index (χ2v) is 22.7. The molecule has 6 nitrogen and oxygen atoms in total. The van der Waals surface area contributed by atoms with Crippen LogP contribution in [0.1, 0.15) is 380 Å². The highest BCUT2D eigenvalue weighted by molar-refractivity contribution is 5.71. The molecule has 0 heterocycles. The van der Waals surface area contributed by atoms with Crippen LogP contribution in [-0.2, 0) is 28.6 Å². The summed E-state index contributed by atoms with van der Waals surface area (Å²) >= 11 is 0. The van der Waals surface area contributed by atoms with E-state index in [-0.39, 0.29) is 31.1 Å². The Morgan fingerprint density at radius 3 is 0.740 bits per heavy atom. The highest BCUT2D eigenvalue weighted by Gasteiger charge is 2.19. The molecule has 0 saturated carbocycles. The summed E-state index contributed by atoms with van der Waals surface area (Å²) in [5, 5.41) is 0. The maximum absolute atomic E-state index is 12.8. The van der Waals surface area contributed by atoms with E-state index < -0.39 is 6.10 Å². The van der Waals surface area contributed by atoms with Gasteiger partial charge in [0.25, 0.3) is 0 Å². The van der Waals surface area contributed by atoms with E-state index in [1.165, 1.54) is 270 Å². The number of carbonyl (C=O) groups is 3. The van der Waals surface area contributed by atoms with E-state index in [0.717, 1.165) is 70.6 Å². The van der Waals surface area contributed by atoms with Gasteiger partial charge < -0.3 is 14.2 Å². The summed E-state index contributed by atoms with van der Waals surface area (Å²) in [5.74, 6) is -0.859. The summed E-state index contributed by atoms with van der Waals surface area (Å²) in [6.07, 6.45) is 74.3. The van der Waals surface area contributed by atoms with Crippen molar-refractivity contribution in [3.8, 4) is 0 Å². The van der Waals surface area contributed by atoms with Crippen LogP contribution in [0.25, 0.3) is 0 Å².